The number of carbonyl (C=O) groups excluding carboxylic acids is 1. The van der Waals surface area contributed by atoms with Crippen molar-refractivity contribution in [1.29, 1.82) is 0 Å². The first-order chi connectivity index (χ1) is 13.1. The number of piperidine rings is 1. The number of ether oxygens (including phenoxy) is 1. The Kier molecular flexibility index (Phi) is 7.54. The quantitative estimate of drug-likeness (QED) is 0.433. The third-order valence-electron chi connectivity index (χ3n) is 4.54. The molecular formula is C19H29N3O5S. The zero-order chi connectivity index (χ0) is 20.9. The second kappa shape index (κ2) is 9.47. The minimum absolute atomic E-state index is 0.0644. The van der Waals surface area contributed by atoms with E-state index >= 15 is 0 Å². The molecule has 0 bridgehead atoms. The van der Waals surface area contributed by atoms with E-state index in [-0.39, 0.29) is 11.8 Å². The molecule has 0 spiro atoms. The number of likely N-dealkylation sites (tertiary alicyclic amines) is 1. The maximum atomic E-state index is 12.1. The number of nitro benzene ring substituents is 1. The maximum Gasteiger partial charge on any atom is 0.410 e. The van der Waals surface area contributed by atoms with Crippen molar-refractivity contribution in [3.63, 3.8) is 0 Å². The summed E-state index contributed by atoms with van der Waals surface area (Å²) in [6, 6.07) is 4.67. The Bertz CT molecular complexity index is 699. The number of nitrogens with zero attached hydrogens (tertiary/aromatic N) is 2. The first kappa shape index (κ1) is 22.3. The van der Waals surface area contributed by atoms with Gasteiger partial charge in [0.05, 0.1) is 11.0 Å². The summed E-state index contributed by atoms with van der Waals surface area (Å²) in [7, 11) is 0. The van der Waals surface area contributed by atoms with Crippen LogP contribution < -0.4 is 5.32 Å². The Hall–Kier alpha value is -2.00. The second-order valence-corrected chi connectivity index (χ2v) is 9.60. The predicted molar refractivity (Wildman–Crippen MR) is 109 cm³/mol. The topological polar surface area (TPSA) is 108 Å². The smallest absolute Gasteiger partial charge is 0.410 e. The number of benzene rings is 1. The number of nitrogens with one attached hydrogen (secondary N) is 1. The van der Waals surface area contributed by atoms with Crippen LogP contribution in [0, 0.1) is 16.0 Å². The number of nitro groups is 1. The number of hydrogen-bond donors (Lipinski definition) is 1. The Labute approximate surface area is 169 Å². The molecule has 1 heterocycles. The van der Waals surface area contributed by atoms with Gasteiger partial charge >= 0.3 is 6.09 Å². The van der Waals surface area contributed by atoms with E-state index in [0.29, 0.717) is 41.9 Å². The molecule has 0 saturated carbocycles. The summed E-state index contributed by atoms with van der Waals surface area (Å²) in [6.45, 7) is 9.11. The lowest BCUT2D eigenvalue weighted by Crippen LogP contribution is -2.42. The minimum atomic E-state index is -1.23. The number of carbonyl (C=O) groups is 1. The largest absolute Gasteiger partial charge is 0.611 e. The molecule has 1 fully saturated rings. The molecule has 0 radical (unpaired) electrons. The molecule has 1 amide bonds. The summed E-state index contributed by atoms with van der Waals surface area (Å²) < 4.78 is 17.3. The highest BCUT2D eigenvalue weighted by molar-refractivity contribution is 7.91. The van der Waals surface area contributed by atoms with Crippen LogP contribution in [0.3, 0.4) is 0 Å². The van der Waals surface area contributed by atoms with Crippen molar-refractivity contribution in [2.24, 2.45) is 5.92 Å². The maximum absolute atomic E-state index is 12.1. The molecule has 1 aliphatic rings. The molecule has 156 valence electrons. The van der Waals surface area contributed by atoms with Crippen LogP contribution in [-0.4, -0.2) is 51.5 Å². The van der Waals surface area contributed by atoms with Gasteiger partial charge in [-0.05, 0) is 69.8 Å². The molecular weight excluding hydrogens is 382 g/mol. The summed E-state index contributed by atoms with van der Waals surface area (Å²) >= 11 is -1.23. The molecule has 0 aromatic heterocycles. The Morgan fingerprint density at radius 2 is 2.00 bits per heavy atom. The van der Waals surface area contributed by atoms with Crippen molar-refractivity contribution in [3.05, 3.63) is 28.3 Å². The van der Waals surface area contributed by atoms with Gasteiger partial charge in [0.15, 0.2) is 4.90 Å². The van der Waals surface area contributed by atoms with E-state index in [1.165, 1.54) is 6.07 Å². The summed E-state index contributed by atoms with van der Waals surface area (Å²) in [5.41, 5.74) is -0.149. The highest BCUT2D eigenvalue weighted by atomic mass is 32.2. The minimum Gasteiger partial charge on any atom is -0.611 e. The Morgan fingerprint density at radius 3 is 2.54 bits per heavy atom. The summed E-state index contributed by atoms with van der Waals surface area (Å²) in [5, 5.41) is 14.5. The Balaban J connectivity index is 1.91. The summed E-state index contributed by atoms with van der Waals surface area (Å²) in [6.07, 6.45) is 1.31. The molecule has 1 saturated heterocycles. The lowest BCUT2D eigenvalue weighted by Gasteiger charge is -2.33. The van der Waals surface area contributed by atoms with Crippen LogP contribution in [-0.2, 0) is 15.9 Å². The first-order valence-electron chi connectivity index (χ1n) is 9.49. The van der Waals surface area contributed by atoms with E-state index in [1.54, 1.807) is 24.0 Å². The molecule has 2 rings (SSSR count). The number of rotatable bonds is 6. The van der Waals surface area contributed by atoms with Gasteiger partial charge in [-0.2, -0.15) is 0 Å². The lowest BCUT2D eigenvalue weighted by atomic mass is 9.97. The van der Waals surface area contributed by atoms with Crippen LogP contribution in [0.25, 0.3) is 0 Å². The van der Waals surface area contributed by atoms with Crippen LogP contribution in [0.5, 0.6) is 0 Å². The van der Waals surface area contributed by atoms with Gasteiger partial charge < -0.3 is 19.5 Å². The van der Waals surface area contributed by atoms with Crippen LogP contribution in [0.1, 0.15) is 40.5 Å². The average Bonchev–Trinajstić information content (AvgIpc) is 2.64. The lowest BCUT2D eigenvalue weighted by molar-refractivity contribution is -0.384. The molecule has 8 nitrogen and oxygen atoms in total. The number of hydrogen-bond acceptors (Lipinski definition) is 6. The van der Waals surface area contributed by atoms with Crippen molar-refractivity contribution in [2.45, 2.75) is 51.0 Å². The second-order valence-electron chi connectivity index (χ2n) is 7.86. The molecule has 1 aromatic rings. The van der Waals surface area contributed by atoms with Crippen LogP contribution in [0.2, 0.25) is 0 Å². The van der Waals surface area contributed by atoms with Crippen LogP contribution in [0.15, 0.2) is 23.1 Å². The van der Waals surface area contributed by atoms with Gasteiger partial charge in [0.1, 0.15) is 17.0 Å². The van der Waals surface area contributed by atoms with E-state index in [0.717, 1.165) is 12.8 Å². The van der Waals surface area contributed by atoms with E-state index in [9.17, 15) is 19.5 Å². The fourth-order valence-electron chi connectivity index (χ4n) is 3.02. The van der Waals surface area contributed by atoms with E-state index in [4.69, 9.17) is 4.74 Å². The van der Waals surface area contributed by atoms with E-state index in [1.807, 2.05) is 20.8 Å². The molecule has 1 unspecified atom stereocenters. The Morgan fingerprint density at radius 1 is 1.36 bits per heavy atom. The van der Waals surface area contributed by atoms with Crippen molar-refractivity contribution in [3.8, 4) is 0 Å². The molecule has 1 aromatic carbocycles. The van der Waals surface area contributed by atoms with Crippen molar-refractivity contribution >= 4 is 28.6 Å². The molecule has 1 N–H and O–H groups in total. The fraction of sp³-hybridized carbons (Fsp3) is 0.632. The highest BCUT2D eigenvalue weighted by Gasteiger charge is 2.27. The van der Waals surface area contributed by atoms with Gasteiger partial charge in [-0.15, -0.1) is 0 Å². The average molecular weight is 412 g/mol. The normalized spacial score (nSPS) is 16.5. The zero-order valence-electron chi connectivity index (χ0n) is 16.9. The van der Waals surface area contributed by atoms with Crippen molar-refractivity contribution in [2.75, 3.05) is 30.7 Å². The van der Waals surface area contributed by atoms with Crippen LogP contribution in [0.4, 0.5) is 16.2 Å². The third-order valence-corrected chi connectivity index (χ3v) is 5.84. The standard InChI is InChI=1S/C19H29N3O5S/c1-5-28(26)15-6-7-16(17(12-15)22(24)25)20-13-14-8-10-21(11-9-14)18(23)27-19(2,3)4/h6-7,12,14,20H,5,8-11,13H2,1-4H3. The molecule has 0 aliphatic carbocycles. The van der Waals surface area contributed by atoms with E-state index < -0.39 is 21.7 Å². The van der Waals surface area contributed by atoms with Gasteiger partial charge in [-0.1, -0.05) is 0 Å². The summed E-state index contributed by atoms with van der Waals surface area (Å²) in [5.74, 6) is 0.725. The SMILES string of the molecule is CC[S+]([O-])c1ccc(NCC2CCN(C(=O)OC(C)(C)C)CC2)c([N+](=O)[O-])c1. The zero-order valence-corrected chi connectivity index (χ0v) is 17.7. The molecule has 9 heteroatoms. The first-order valence-corrected chi connectivity index (χ1v) is 10.8. The molecule has 1 aliphatic heterocycles. The van der Waals surface area contributed by atoms with Crippen LogP contribution >= 0.6 is 0 Å². The number of anilines is 1. The van der Waals surface area contributed by atoms with Gasteiger partial charge in [0.25, 0.3) is 5.69 Å². The van der Waals surface area contributed by atoms with Gasteiger partial charge in [-0.3, -0.25) is 10.1 Å². The fourth-order valence-corrected chi connectivity index (χ4v) is 3.82. The highest BCUT2D eigenvalue weighted by Crippen LogP contribution is 2.29. The number of amides is 1. The van der Waals surface area contributed by atoms with Gasteiger partial charge in [0, 0.05) is 19.6 Å². The monoisotopic (exact) mass is 411 g/mol. The van der Waals surface area contributed by atoms with Crippen molar-refractivity contribution in [1.82, 2.24) is 4.90 Å². The third kappa shape index (κ3) is 6.27. The predicted octanol–water partition coefficient (Wildman–Crippen LogP) is 3.78. The van der Waals surface area contributed by atoms with Gasteiger partial charge in [0.2, 0.25) is 0 Å². The summed E-state index contributed by atoms with van der Waals surface area (Å²) in [4.78, 5) is 25.2. The van der Waals surface area contributed by atoms with Gasteiger partial charge in [-0.25, -0.2) is 4.79 Å². The van der Waals surface area contributed by atoms with Crippen molar-refractivity contribution < 1.29 is 19.0 Å². The van der Waals surface area contributed by atoms with E-state index in [2.05, 4.69) is 5.32 Å². The molecule has 28 heavy (non-hydrogen) atoms. The molecule has 1 atom stereocenters.